The van der Waals surface area contributed by atoms with E-state index >= 15 is 0 Å². The first kappa shape index (κ1) is 20.9. The molecular weight excluding hydrogens is 390 g/mol. The zero-order valence-electron chi connectivity index (χ0n) is 17.1. The van der Waals surface area contributed by atoms with Gasteiger partial charge in [0.15, 0.2) is 10.7 Å². The van der Waals surface area contributed by atoms with Gasteiger partial charge in [0, 0.05) is 13.1 Å². The molecule has 8 nitrogen and oxygen atoms in total. The number of fused-ring (bicyclic) bond motifs is 1. The lowest BCUT2D eigenvalue weighted by Crippen LogP contribution is -2.25. The minimum Gasteiger partial charge on any atom is -0.492 e. The molecule has 0 aliphatic rings. The molecule has 2 aromatic heterocycles. The normalized spacial score (nSPS) is 11.0. The quantitative estimate of drug-likeness (QED) is 0.449. The molecule has 3 aromatic rings. The van der Waals surface area contributed by atoms with E-state index in [-0.39, 0.29) is 17.2 Å². The lowest BCUT2D eigenvalue weighted by molar-refractivity contribution is -0.113. The van der Waals surface area contributed by atoms with Gasteiger partial charge in [0.25, 0.3) is 5.56 Å². The Balaban J connectivity index is 1.83. The lowest BCUT2D eigenvalue weighted by atomic mass is 10.3. The molecule has 0 atom stereocenters. The molecule has 0 aliphatic carbocycles. The van der Waals surface area contributed by atoms with Crippen molar-refractivity contribution in [3.8, 4) is 5.75 Å². The van der Waals surface area contributed by atoms with Crippen molar-refractivity contribution in [1.29, 1.82) is 0 Å². The monoisotopic (exact) mass is 415 g/mol. The van der Waals surface area contributed by atoms with E-state index in [9.17, 15) is 9.59 Å². The third-order valence-corrected chi connectivity index (χ3v) is 5.37. The van der Waals surface area contributed by atoms with Gasteiger partial charge >= 0.3 is 0 Å². The second kappa shape index (κ2) is 9.13. The molecule has 1 aromatic carbocycles. The number of aromatic nitrogens is 4. The Labute approximate surface area is 173 Å². The maximum Gasteiger partial charge on any atom is 0.280 e. The highest BCUT2D eigenvalue weighted by molar-refractivity contribution is 7.99. The molecule has 0 fully saturated rings. The number of thioether (sulfide) groups is 1. The Morgan fingerprint density at radius 2 is 1.97 bits per heavy atom. The zero-order chi connectivity index (χ0) is 21.0. The molecular formula is C20H25N5O3S. The van der Waals surface area contributed by atoms with E-state index in [0.717, 1.165) is 0 Å². The number of amides is 1. The van der Waals surface area contributed by atoms with Gasteiger partial charge in [-0.2, -0.15) is 5.10 Å². The van der Waals surface area contributed by atoms with Gasteiger partial charge in [-0.15, -0.1) is 0 Å². The maximum atomic E-state index is 13.0. The third kappa shape index (κ3) is 4.29. The summed E-state index contributed by atoms with van der Waals surface area (Å²) < 4.78 is 8.80. The van der Waals surface area contributed by atoms with Crippen LogP contribution in [-0.4, -0.2) is 37.6 Å². The van der Waals surface area contributed by atoms with E-state index < -0.39 is 0 Å². The van der Waals surface area contributed by atoms with Crippen molar-refractivity contribution in [2.24, 2.45) is 0 Å². The molecule has 0 unspecified atom stereocenters. The summed E-state index contributed by atoms with van der Waals surface area (Å²) in [6, 6.07) is 7.30. The number of carbonyl (C=O) groups is 1. The van der Waals surface area contributed by atoms with Crippen LogP contribution in [0, 0.1) is 6.92 Å². The average molecular weight is 416 g/mol. The average Bonchev–Trinajstić information content (AvgIpc) is 3.04. The number of nitrogens with one attached hydrogen (secondary N) is 1. The number of anilines is 1. The highest BCUT2D eigenvalue weighted by atomic mass is 32.2. The molecule has 0 bridgehead atoms. The highest BCUT2D eigenvalue weighted by Gasteiger charge is 2.18. The fraction of sp³-hybridized carbons (Fsp3) is 0.400. The number of rotatable bonds is 8. The lowest BCUT2D eigenvalue weighted by Gasteiger charge is -2.12. The van der Waals surface area contributed by atoms with Crippen LogP contribution < -0.4 is 15.6 Å². The second-order valence-corrected chi connectivity index (χ2v) is 7.25. The molecule has 0 saturated carbocycles. The Bertz CT molecular complexity index is 1090. The maximum absolute atomic E-state index is 13.0. The first-order valence-electron chi connectivity index (χ1n) is 9.62. The SMILES string of the molecule is CCOc1ccccc1NC(=O)CSc1nc2c(C)nn(CC)c2c(=O)n1CC. The van der Waals surface area contributed by atoms with Crippen LogP contribution in [0.2, 0.25) is 0 Å². The van der Waals surface area contributed by atoms with Crippen LogP contribution >= 0.6 is 11.8 Å². The summed E-state index contributed by atoms with van der Waals surface area (Å²) in [5.41, 5.74) is 2.29. The van der Waals surface area contributed by atoms with Gasteiger partial charge in [-0.3, -0.25) is 18.8 Å². The van der Waals surface area contributed by atoms with Crippen LogP contribution in [0.5, 0.6) is 5.75 Å². The number of ether oxygens (including phenoxy) is 1. The molecule has 0 radical (unpaired) electrons. The molecule has 0 aliphatic heterocycles. The largest absolute Gasteiger partial charge is 0.492 e. The third-order valence-electron chi connectivity index (χ3n) is 4.39. The molecule has 2 heterocycles. The molecule has 9 heteroatoms. The number of benzene rings is 1. The Morgan fingerprint density at radius 3 is 2.66 bits per heavy atom. The fourth-order valence-corrected chi connectivity index (χ4v) is 3.93. The Morgan fingerprint density at radius 1 is 1.21 bits per heavy atom. The summed E-state index contributed by atoms with van der Waals surface area (Å²) >= 11 is 1.23. The molecule has 0 spiro atoms. The number of hydrogen-bond acceptors (Lipinski definition) is 6. The van der Waals surface area contributed by atoms with Crippen LogP contribution in [0.3, 0.4) is 0 Å². The van der Waals surface area contributed by atoms with Gasteiger partial charge < -0.3 is 10.1 Å². The Kier molecular flexibility index (Phi) is 6.58. The number of carbonyl (C=O) groups excluding carboxylic acids is 1. The van der Waals surface area contributed by atoms with Gasteiger partial charge in [0.05, 0.1) is 23.7 Å². The summed E-state index contributed by atoms with van der Waals surface area (Å²) in [7, 11) is 0. The van der Waals surface area contributed by atoms with Crippen LogP contribution in [-0.2, 0) is 17.9 Å². The van der Waals surface area contributed by atoms with Gasteiger partial charge in [-0.25, -0.2) is 4.98 Å². The highest BCUT2D eigenvalue weighted by Crippen LogP contribution is 2.25. The van der Waals surface area contributed by atoms with Gasteiger partial charge in [-0.1, -0.05) is 23.9 Å². The molecule has 29 heavy (non-hydrogen) atoms. The zero-order valence-corrected chi connectivity index (χ0v) is 17.9. The number of hydrogen-bond donors (Lipinski definition) is 1. The number of aryl methyl sites for hydroxylation is 2. The van der Waals surface area contributed by atoms with Crippen LogP contribution in [0.25, 0.3) is 11.0 Å². The minimum atomic E-state index is -0.194. The van der Waals surface area contributed by atoms with Crippen molar-refractivity contribution < 1.29 is 9.53 Å². The van der Waals surface area contributed by atoms with Crippen LogP contribution in [0.1, 0.15) is 26.5 Å². The van der Waals surface area contributed by atoms with Gasteiger partial charge in [0.2, 0.25) is 5.91 Å². The van der Waals surface area contributed by atoms with Gasteiger partial charge in [0.1, 0.15) is 11.3 Å². The molecule has 3 rings (SSSR count). The van der Waals surface area contributed by atoms with E-state index in [1.807, 2.05) is 45.9 Å². The van der Waals surface area contributed by atoms with E-state index in [2.05, 4.69) is 15.4 Å². The topological polar surface area (TPSA) is 91.0 Å². The first-order chi connectivity index (χ1) is 14.0. The predicted molar refractivity (Wildman–Crippen MR) is 115 cm³/mol. The first-order valence-corrected chi connectivity index (χ1v) is 10.6. The molecule has 0 saturated heterocycles. The predicted octanol–water partition coefficient (Wildman–Crippen LogP) is 3.07. The van der Waals surface area contributed by atoms with Crippen LogP contribution in [0.15, 0.2) is 34.2 Å². The summed E-state index contributed by atoms with van der Waals surface area (Å²) in [5.74, 6) is 0.556. The minimum absolute atomic E-state index is 0.124. The standard InChI is InChI=1S/C20H25N5O3S/c1-5-24-19(27)18-17(13(4)23-25(18)6-2)22-20(24)29-12-16(26)21-14-10-8-9-11-15(14)28-7-3/h8-11H,5-7,12H2,1-4H3,(H,21,26). The van der Waals surface area contributed by atoms with E-state index in [4.69, 9.17) is 4.74 Å². The summed E-state index contributed by atoms with van der Waals surface area (Å²) in [6.45, 7) is 9.13. The van der Waals surface area contributed by atoms with Gasteiger partial charge in [-0.05, 0) is 39.8 Å². The van der Waals surface area contributed by atoms with E-state index in [1.54, 1.807) is 15.3 Å². The number of nitrogens with zero attached hydrogens (tertiary/aromatic N) is 4. The summed E-state index contributed by atoms with van der Waals surface area (Å²) in [4.78, 5) is 30.1. The second-order valence-electron chi connectivity index (χ2n) is 6.31. The van der Waals surface area contributed by atoms with Crippen LogP contribution in [0.4, 0.5) is 5.69 Å². The Hall–Kier alpha value is -2.81. The van der Waals surface area contributed by atoms with Crippen molar-refractivity contribution >= 4 is 34.4 Å². The van der Waals surface area contributed by atoms with Crippen molar-refractivity contribution in [2.75, 3.05) is 17.7 Å². The number of para-hydroxylation sites is 2. The fourth-order valence-electron chi connectivity index (χ4n) is 3.07. The molecule has 1 amide bonds. The van der Waals surface area contributed by atoms with Crippen molar-refractivity contribution in [1.82, 2.24) is 19.3 Å². The smallest absolute Gasteiger partial charge is 0.280 e. The van der Waals surface area contributed by atoms with E-state index in [1.165, 1.54) is 11.8 Å². The molecule has 1 N–H and O–H groups in total. The molecule has 154 valence electrons. The van der Waals surface area contributed by atoms with E-state index in [0.29, 0.717) is 53.0 Å². The summed E-state index contributed by atoms with van der Waals surface area (Å²) in [6.07, 6.45) is 0. The van der Waals surface area contributed by atoms with Crippen molar-refractivity contribution in [3.63, 3.8) is 0 Å². The summed E-state index contributed by atoms with van der Waals surface area (Å²) in [5, 5.41) is 7.78. The van der Waals surface area contributed by atoms with Crippen molar-refractivity contribution in [2.45, 2.75) is 45.9 Å². The van der Waals surface area contributed by atoms with Crippen molar-refractivity contribution in [3.05, 3.63) is 40.3 Å².